The standard InChI is InChI=1S/C20H17F2N3O3/c1-25-8-7-20(28,19(25)27)6-5-12-3-2-4-13(9-12)15-10-14(17(21)22)11-16(24-15)18(23)26/h2-4,9-11,17,28H,7-8H2,1H3,(H2,23,26)/t20-/m0/s1. The summed E-state index contributed by atoms with van der Waals surface area (Å²) >= 11 is 0. The maximum Gasteiger partial charge on any atom is 0.267 e. The van der Waals surface area contributed by atoms with E-state index in [4.69, 9.17) is 5.73 Å². The van der Waals surface area contributed by atoms with Crippen molar-refractivity contribution in [3.05, 3.63) is 53.2 Å². The molecule has 1 saturated heterocycles. The van der Waals surface area contributed by atoms with Gasteiger partial charge in [0.25, 0.3) is 18.2 Å². The lowest BCUT2D eigenvalue weighted by molar-refractivity contribution is -0.137. The number of nitrogens with two attached hydrogens (primary N) is 1. The van der Waals surface area contributed by atoms with E-state index >= 15 is 0 Å². The zero-order chi connectivity index (χ0) is 20.5. The molecule has 2 amide bonds. The molecule has 0 aliphatic carbocycles. The van der Waals surface area contributed by atoms with Gasteiger partial charge in [-0.15, -0.1) is 0 Å². The fraction of sp³-hybridized carbons (Fsp3) is 0.250. The predicted octanol–water partition coefficient (Wildman–Crippen LogP) is 1.73. The second-order valence-electron chi connectivity index (χ2n) is 6.50. The van der Waals surface area contributed by atoms with Gasteiger partial charge in [-0.2, -0.15) is 0 Å². The number of amides is 2. The molecule has 0 radical (unpaired) electrons. The first-order chi connectivity index (χ1) is 13.2. The zero-order valence-corrected chi connectivity index (χ0v) is 14.9. The van der Waals surface area contributed by atoms with Crippen molar-refractivity contribution in [2.24, 2.45) is 5.73 Å². The number of halogens is 2. The molecule has 28 heavy (non-hydrogen) atoms. The van der Waals surface area contributed by atoms with E-state index in [1.807, 2.05) is 0 Å². The second-order valence-corrected chi connectivity index (χ2v) is 6.50. The third-order valence-electron chi connectivity index (χ3n) is 4.43. The normalized spacial score (nSPS) is 18.9. The van der Waals surface area contributed by atoms with Crippen LogP contribution in [0.25, 0.3) is 11.3 Å². The minimum atomic E-state index is -2.79. The molecule has 2 heterocycles. The number of hydrogen-bond acceptors (Lipinski definition) is 4. The maximum absolute atomic E-state index is 13.1. The van der Waals surface area contributed by atoms with Gasteiger partial charge in [-0.3, -0.25) is 9.59 Å². The Morgan fingerprint density at radius 1 is 1.36 bits per heavy atom. The van der Waals surface area contributed by atoms with E-state index in [9.17, 15) is 23.5 Å². The van der Waals surface area contributed by atoms with Crippen molar-refractivity contribution in [2.75, 3.05) is 13.6 Å². The van der Waals surface area contributed by atoms with E-state index in [1.165, 1.54) is 11.0 Å². The van der Waals surface area contributed by atoms with Crippen molar-refractivity contribution in [1.82, 2.24) is 9.88 Å². The van der Waals surface area contributed by atoms with Crippen molar-refractivity contribution in [1.29, 1.82) is 0 Å². The highest BCUT2D eigenvalue weighted by molar-refractivity contribution is 5.92. The van der Waals surface area contributed by atoms with Crippen LogP contribution < -0.4 is 5.73 Å². The van der Waals surface area contributed by atoms with Gasteiger partial charge in [0.2, 0.25) is 5.60 Å². The Bertz CT molecular complexity index is 1010. The molecule has 6 nitrogen and oxygen atoms in total. The number of alkyl halides is 2. The first-order valence-electron chi connectivity index (χ1n) is 8.41. The number of likely N-dealkylation sites (N-methyl/N-ethyl adjacent to an activating group) is 1. The Morgan fingerprint density at radius 2 is 2.11 bits per heavy atom. The van der Waals surface area contributed by atoms with Crippen LogP contribution in [0.15, 0.2) is 36.4 Å². The molecular weight excluding hydrogens is 368 g/mol. The Morgan fingerprint density at radius 3 is 2.71 bits per heavy atom. The fourth-order valence-corrected chi connectivity index (χ4v) is 2.85. The molecule has 0 spiro atoms. The number of nitrogens with zero attached hydrogens (tertiary/aromatic N) is 2. The molecule has 0 unspecified atom stereocenters. The summed E-state index contributed by atoms with van der Waals surface area (Å²) < 4.78 is 26.2. The molecule has 1 aliphatic heterocycles. The van der Waals surface area contributed by atoms with E-state index < -0.39 is 23.8 Å². The fourth-order valence-electron chi connectivity index (χ4n) is 2.85. The van der Waals surface area contributed by atoms with Gasteiger partial charge in [-0.05, 0) is 24.3 Å². The molecule has 1 atom stereocenters. The van der Waals surface area contributed by atoms with Crippen molar-refractivity contribution < 1.29 is 23.5 Å². The van der Waals surface area contributed by atoms with Crippen LogP contribution in [0.5, 0.6) is 0 Å². The molecule has 8 heteroatoms. The Kier molecular flexibility index (Phi) is 5.12. The summed E-state index contributed by atoms with van der Waals surface area (Å²) in [6.07, 6.45) is -2.59. The summed E-state index contributed by atoms with van der Waals surface area (Å²) in [5.41, 5.74) is 3.85. The van der Waals surface area contributed by atoms with Gasteiger partial charge in [-0.1, -0.05) is 24.0 Å². The Hall–Kier alpha value is -3.31. The molecule has 1 aliphatic rings. The largest absolute Gasteiger partial charge is 0.369 e. The number of benzene rings is 1. The van der Waals surface area contributed by atoms with Gasteiger partial charge in [0.1, 0.15) is 5.69 Å². The average molecular weight is 385 g/mol. The summed E-state index contributed by atoms with van der Waals surface area (Å²) in [6, 6.07) is 8.60. The minimum Gasteiger partial charge on any atom is -0.369 e. The average Bonchev–Trinajstić information content (AvgIpc) is 2.94. The van der Waals surface area contributed by atoms with Gasteiger partial charge >= 0.3 is 0 Å². The number of pyridine rings is 1. The molecule has 1 aromatic heterocycles. The summed E-state index contributed by atoms with van der Waals surface area (Å²) in [4.78, 5) is 28.8. The van der Waals surface area contributed by atoms with Crippen LogP contribution in [0.4, 0.5) is 8.78 Å². The van der Waals surface area contributed by atoms with Crippen molar-refractivity contribution in [3.8, 4) is 23.1 Å². The summed E-state index contributed by atoms with van der Waals surface area (Å²) in [7, 11) is 1.58. The van der Waals surface area contributed by atoms with Crippen LogP contribution in [0.1, 0.15) is 34.5 Å². The summed E-state index contributed by atoms with van der Waals surface area (Å²) in [5.74, 6) is 3.96. The molecule has 0 saturated carbocycles. The second kappa shape index (κ2) is 7.37. The van der Waals surface area contributed by atoms with Crippen LogP contribution in [0.2, 0.25) is 0 Å². The molecule has 144 valence electrons. The third kappa shape index (κ3) is 3.85. The van der Waals surface area contributed by atoms with Crippen molar-refractivity contribution in [3.63, 3.8) is 0 Å². The first kappa shape index (κ1) is 19.5. The van der Waals surface area contributed by atoms with E-state index in [0.717, 1.165) is 6.07 Å². The van der Waals surface area contributed by atoms with Gasteiger partial charge in [0, 0.05) is 36.7 Å². The SMILES string of the molecule is CN1CC[C@@](O)(C#Cc2cccc(-c3cc(C(F)F)cc(C(N)=O)n3)c2)C1=O. The van der Waals surface area contributed by atoms with Crippen LogP contribution in [-0.4, -0.2) is 46.0 Å². The lowest BCUT2D eigenvalue weighted by atomic mass is 10.0. The van der Waals surface area contributed by atoms with E-state index in [2.05, 4.69) is 16.8 Å². The molecule has 2 aromatic rings. The minimum absolute atomic E-state index is 0.144. The number of hydrogen-bond donors (Lipinski definition) is 2. The van der Waals surface area contributed by atoms with Crippen LogP contribution in [0, 0.1) is 11.8 Å². The zero-order valence-electron chi connectivity index (χ0n) is 14.9. The number of aliphatic hydroxyl groups is 1. The smallest absolute Gasteiger partial charge is 0.267 e. The lowest BCUT2D eigenvalue weighted by Gasteiger charge is -2.13. The number of likely N-dealkylation sites (tertiary alicyclic amines) is 1. The number of primary amides is 1. The molecule has 3 rings (SSSR count). The number of carbonyl (C=O) groups is 2. The Balaban J connectivity index is 1.98. The highest BCUT2D eigenvalue weighted by Crippen LogP contribution is 2.26. The van der Waals surface area contributed by atoms with Gasteiger partial charge in [0.05, 0.1) is 5.69 Å². The van der Waals surface area contributed by atoms with Crippen LogP contribution >= 0.6 is 0 Å². The van der Waals surface area contributed by atoms with E-state index in [1.54, 1.807) is 31.3 Å². The quantitative estimate of drug-likeness (QED) is 0.787. The van der Waals surface area contributed by atoms with Gasteiger partial charge < -0.3 is 15.7 Å². The summed E-state index contributed by atoms with van der Waals surface area (Å²) in [6.45, 7) is 0.407. The van der Waals surface area contributed by atoms with Gasteiger partial charge in [0.15, 0.2) is 0 Å². The van der Waals surface area contributed by atoms with Crippen molar-refractivity contribution in [2.45, 2.75) is 18.4 Å². The molecule has 1 aromatic carbocycles. The first-order valence-corrected chi connectivity index (χ1v) is 8.41. The van der Waals surface area contributed by atoms with Crippen molar-refractivity contribution >= 4 is 11.8 Å². The third-order valence-corrected chi connectivity index (χ3v) is 4.43. The van der Waals surface area contributed by atoms with E-state index in [0.29, 0.717) is 17.7 Å². The molecule has 3 N–H and O–H groups in total. The van der Waals surface area contributed by atoms with Crippen LogP contribution in [-0.2, 0) is 4.79 Å². The van der Waals surface area contributed by atoms with Gasteiger partial charge in [-0.25, -0.2) is 13.8 Å². The lowest BCUT2D eigenvalue weighted by Crippen LogP contribution is -2.37. The molecule has 1 fully saturated rings. The highest BCUT2D eigenvalue weighted by Gasteiger charge is 2.42. The van der Waals surface area contributed by atoms with Crippen LogP contribution in [0.3, 0.4) is 0 Å². The molecule has 0 bridgehead atoms. The maximum atomic E-state index is 13.1. The number of aromatic nitrogens is 1. The Labute approximate surface area is 160 Å². The molecular formula is C20H17F2N3O3. The monoisotopic (exact) mass is 385 g/mol. The summed E-state index contributed by atoms with van der Waals surface area (Å²) in [5, 5.41) is 10.4. The topological polar surface area (TPSA) is 96.5 Å². The van der Waals surface area contributed by atoms with E-state index in [-0.39, 0.29) is 23.4 Å². The highest BCUT2D eigenvalue weighted by atomic mass is 19.3. The number of carbonyl (C=O) groups excluding carboxylic acids is 2. The predicted molar refractivity (Wildman–Crippen MR) is 97.2 cm³/mol. The number of rotatable bonds is 3.